The van der Waals surface area contributed by atoms with E-state index in [4.69, 9.17) is 14.2 Å². The van der Waals surface area contributed by atoms with E-state index in [9.17, 15) is 14.0 Å². The molecule has 7 nitrogen and oxygen atoms in total. The number of nitrogens with zero attached hydrogens (tertiary/aromatic N) is 1. The fourth-order valence-electron chi connectivity index (χ4n) is 3.17. The number of imide groups is 1. The lowest BCUT2D eigenvalue weighted by molar-refractivity contribution is -0.131. The third-order valence-electron chi connectivity index (χ3n) is 4.79. The smallest absolute Gasteiger partial charge is 0.325 e. The minimum absolute atomic E-state index is 0.0611. The fourth-order valence-corrected chi connectivity index (χ4v) is 3.17. The van der Waals surface area contributed by atoms with Gasteiger partial charge in [-0.25, -0.2) is 9.18 Å². The lowest BCUT2D eigenvalue weighted by Gasteiger charge is -2.23. The van der Waals surface area contributed by atoms with E-state index in [0.717, 1.165) is 4.90 Å². The van der Waals surface area contributed by atoms with Crippen molar-refractivity contribution in [3.8, 4) is 17.2 Å². The molecular formula is C20H21FN2O5. The van der Waals surface area contributed by atoms with Crippen LogP contribution < -0.4 is 19.5 Å². The molecule has 0 spiro atoms. The molecule has 1 aliphatic heterocycles. The topological polar surface area (TPSA) is 77.1 Å². The maximum atomic E-state index is 13.9. The van der Waals surface area contributed by atoms with Crippen molar-refractivity contribution in [1.82, 2.24) is 10.2 Å². The average Bonchev–Trinajstić information content (AvgIpc) is 2.91. The van der Waals surface area contributed by atoms with Gasteiger partial charge in [0.2, 0.25) is 0 Å². The molecule has 0 aliphatic carbocycles. The molecule has 0 aromatic heterocycles. The van der Waals surface area contributed by atoms with E-state index < -0.39 is 23.3 Å². The minimum Gasteiger partial charge on any atom is -0.494 e. The molecular weight excluding hydrogens is 367 g/mol. The SMILES string of the molecule is COc1ccc(CN2C(=O)NC(C)(c3ccc(OC)c(OC)c3)C2=O)cc1F. The average molecular weight is 388 g/mol. The number of ether oxygens (including phenoxy) is 3. The van der Waals surface area contributed by atoms with Crippen LogP contribution in [0.5, 0.6) is 17.2 Å². The largest absolute Gasteiger partial charge is 0.494 e. The molecule has 0 radical (unpaired) electrons. The standard InChI is InChI=1S/C20H21FN2O5/c1-20(13-6-8-16(27-3)17(10-13)28-4)18(24)23(19(25)22-20)11-12-5-7-15(26-2)14(21)9-12/h5-10H,11H2,1-4H3,(H,22,25). The number of hydrogen-bond donors (Lipinski definition) is 1. The van der Waals surface area contributed by atoms with Crippen molar-refractivity contribution in [2.45, 2.75) is 19.0 Å². The van der Waals surface area contributed by atoms with Crippen LogP contribution in [0.15, 0.2) is 36.4 Å². The predicted molar refractivity (Wildman–Crippen MR) is 98.9 cm³/mol. The Morgan fingerprint density at radius 1 is 0.964 bits per heavy atom. The van der Waals surface area contributed by atoms with E-state index in [2.05, 4.69) is 5.32 Å². The number of hydrogen-bond acceptors (Lipinski definition) is 5. The number of carbonyl (C=O) groups excluding carboxylic acids is 2. The summed E-state index contributed by atoms with van der Waals surface area (Å²) in [5, 5.41) is 2.72. The van der Waals surface area contributed by atoms with E-state index in [1.807, 2.05) is 0 Å². The van der Waals surface area contributed by atoms with Crippen molar-refractivity contribution in [2.24, 2.45) is 0 Å². The first-order valence-corrected chi connectivity index (χ1v) is 8.53. The summed E-state index contributed by atoms with van der Waals surface area (Å²) >= 11 is 0. The van der Waals surface area contributed by atoms with Crippen LogP contribution in [0.2, 0.25) is 0 Å². The van der Waals surface area contributed by atoms with Crippen molar-refractivity contribution in [1.29, 1.82) is 0 Å². The summed E-state index contributed by atoms with van der Waals surface area (Å²) in [4.78, 5) is 26.6. The molecule has 148 valence electrons. The molecule has 28 heavy (non-hydrogen) atoms. The molecule has 1 fully saturated rings. The molecule has 0 saturated carbocycles. The first kappa shape index (κ1) is 19.5. The number of halogens is 1. The second-order valence-corrected chi connectivity index (χ2v) is 6.49. The molecule has 3 rings (SSSR count). The molecule has 1 aliphatic rings. The number of amides is 3. The maximum absolute atomic E-state index is 13.9. The van der Waals surface area contributed by atoms with Gasteiger partial charge in [-0.15, -0.1) is 0 Å². The van der Waals surface area contributed by atoms with E-state index in [1.165, 1.54) is 33.5 Å². The van der Waals surface area contributed by atoms with Gasteiger partial charge in [-0.1, -0.05) is 12.1 Å². The highest BCUT2D eigenvalue weighted by atomic mass is 19.1. The second-order valence-electron chi connectivity index (χ2n) is 6.49. The molecule has 3 amide bonds. The molecule has 1 saturated heterocycles. The maximum Gasteiger partial charge on any atom is 0.325 e. The Balaban J connectivity index is 1.89. The Hall–Kier alpha value is -3.29. The van der Waals surface area contributed by atoms with Crippen LogP contribution in [-0.2, 0) is 16.9 Å². The summed E-state index contributed by atoms with van der Waals surface area (Å²) in [5.74, 6) is 0.0444. The molecule has 0 bridgehead atoms. The predicted octanol–water partition coefficient (Wildman–Crippen LogP) is 2.82. The van der Waals surface area contributed by atoms with Crippen LogP contribution in [0.4, 0.5) is 9.18 Å². The zero-order chi connectivity index (χ0) is 20.5. The minimum atomic E-state index is -1.28. The number of nitrogens with one attached hydrogen (secondary N) is 1. The van der Waals surface area contributed by atoms with Crippen molar-refractivity contribution >= 4 is 11.9 Å². The van der Waals surface area contributed by atoms with Gasteiger partial charge in [0.25, 0.3) is 5.91 Å². The van der Waals surface area contributed by atoms with Gasteiger partial charge in [0.15, 0.2) is 23.1 Å². The lowest BCUT2D eigenvalue weighted by atomic mass is 9.91. The van der Waals surface area contributed by atoms with Crippen LogP contribution >= 0.6 is 0 Å². The molecule has 1 heterocycles. The summed E-state index contributed by atoms with van der Waals surface area (Å²) in [7, 11) is 4.37. The number of urea groups is 1. The van der Waals surface area contributed by atoms with Crippen LogP contribution in [0.25, 0.3) is 0 Å². The van der Waals surface area contributed by atoms with Crippen LogP contribution in [-0.4, -0.2) is 38.2 Å². The molecule has 1 N–H and O–H groups in total. The van der Waals surface area contributed by atoms with Crippen molar-refractivity contribution in [2.75, 3.05) is 21.3 Å². The zero-order valence-electron chi connectivity index (χ0n) is 16.0. The van der Waals surface area contributed by atoms with Crippen LogP contribution in [0.1, 0.15) is 18.1 Å². The van der Waals surface area contributed by atoms with Gasteiger partial charge in [-0.2, -0.15) is 0 Å². The molecule has 2 aromatic rings. The first-order valence-electron chi connectivity index (χ1n) is 8.53. The van der Waals surface area contributed by atoms with E-state index in [1.54, 1.807) is 31.2 Å². The highest BCUT2D eigenvalue weighted by Crippen LogP contribution is 2.35. The number of methoxy groups -OCH3 is 3. The summed E-state index contributed by atoms with van der Waals surface area (Å²) in [6, 6.07) is 8.75. The third-order valence-corrected chi connectivity index (χ3v) is 4.79. The number of carbonyl (C=O) groups is 2. The van der Waals surface area contributed by atoms with Gasteiger partial charge in [-0.3, -0.25) is 9.69 Å². The Labute approximate surface area is 162 Å². The Bertz CT molecular complexity index is 933. The van der Waals surface area contributed by atoms with Gasteiger partial charge < -0.3 is 19.5 Å². The Morgan fingerprint density at radius 2 is 1.61 bits per heavy atom. The van der Waals surface area contributed by atoms with Crippen LogP contribution in [0.3, 0.4) is 0 Å². The Morgan fingerprint density at radius 3 is 2.21 bits per heavy atom. The van der Waals surface area contributed by atoms with E-state index >= 15 is 0 Å². The zero-order valence-corrected chi connectivity index (χ0v) is 16.0. The van der Waals surface area contributed by atoms with Gasteiger partial charge in [-0.05, 0) is 42.3 Å². The quantitative estimate of drug-likeness (QED) is 0.770. The third kappa shape index (κ3) is 3.21. The van der Waals surface area contributed by atoms with Gasteiger partial charge >= 0.3 is 6.03 Å². The van der Waals surface area contributed by atoms with Crippen molar-refractivity contribution in [3.63, 3.8) is 0 Å². The second kappa shape index (κ2) is 7.38. The van der Waals surface area contributed by atoms with Gasteiger partial charge in [0.05, 0.1) is 27.9 Å². The molecule has 2 aromatic carbocycles. The highest BCUT2D eigenvalue weighted by Gasteiger charge is 2.49. The van der Waals surface area contributed by atoms with Crippen LogP contribution in [0, 0.1) is 5.82 Å². The van der Waals surface area contributed by atoms with E-state index in [0.29, 0.717) is 22.6 Å². The molecule has 1 atom stereocenters. The summed E-state index contributed by atoms with van der Waals surface area (Å²) < 4.78 is 29.3. The van der Waals surface area contributed by atoms with Gasteiger partial charge in [0.1, 0.15) is 5.54 Å². The monoisotopic (exact) mass is 388 g/mol. The summed E-state index contributed by atoms with van der Waals surface area (Å²) in [6.45, 7) is 1.55. The van der Waals surface area contributed by atoms with Gasteiger partial charge in [0, 0.05) is 0 Å². The molecule has 8 heteroatoms. The summed E-state index contributed by atoms with van der Waals surface area (Å²) in [6.07, 6.45) is 0. The molecule has 1 unspecified atom stereocenters. The first-order chi connectivity index (χ1) is 13.3. The number of benzene rings is 2. The van der Waals surface area contributed by atoms with Crippen molar-refractivity contribution in [3.05, 3.63) is 53.3 Å². The normalized spacial score (nSPS) is 18.8. The Kier molecular flexibility index (Phi) is 5.13. The highest BCUT2D eigenvalue weighted by molar-refractivity contribution is 6.07. The van der Waals surface area contributed by atoms with Crippen molar-refractivity contribution < 1.29 is 28.2 Å². The fraction of sp³-hybridized carbons (Fsp3) is 0.300. The summed E-state index contributed by atoms with van der Waals surface area (Å²) in [5.41, 5.74) is -0.257. The van der Waals surface area contributed by atoms with E-state index in [-0.39, 0.29) is 12.3 Å². The number of rotatable bonds is 6. The lowest BCUT2D eigenvalue weighted by Crippen LogP contribution is -2.40.